The Kier molecular flexibility index (Phi) is 3.78. The zero-order valence-electron chi connectivity index (χ0n) is 9.16. The number of rotatable bonds is 4. The van der Waals surface area contributed by atoms with Crippen molar-refractivity contribution in [2.24, 2.45) is 0 Å². The molecule has 1 atom stereocenters. The number of nitrogens with zero attached hydrogens (tertiary/aromatic N) is 1. The largest absolute Gasteiger partial charge is 0.444 e. The third-order valence-electron chi connectivity index (χ3n) is 2.24. The lowest BCUT2D eigenvalue weighted by Crippen LogP contribution is -2.17. The number of nitrogens with one attached hydrogen (secondary N) is 1. The van der Waals surface area contributed by atoms with Gasteiger partial charge in [0.15, 0.2) is 0 Å². The molecule has 0 aliphatic rings. The Morgan fingerprint density at radius 2 is 2.44 bits per heavy atom. The number of hydrogen-bond donors (Lipinski definition) is 1. The van der Waals surface area contributed by atoms with Crippen molar-refractivity contribution in [3.8, 4) is 0 Å². The predicted octanol–water partition coefficient (Wildman–Crippen LogP) is 3.66. The highest BCUT2D eigenvalue weighted by molar-refractivity contribution is 9.11. The zero-order chi connectivity index (χ0) is 11.5. The van der Waals surface area contributed by atoms with Crippen LogP contribution in [0.3, 0.4) is 0 Å². The minimum absolute atomic E-state index is 0.132. The average Bonchev–Trinajstić information content (AvgIpc) is 2.84. The van der Waals surface area contributed by atoms with E-state index in [1.54, 1.807) is 17.5 Å². The highest BCUT2D eigenvalue weighted by atomic mass is 79.9. The van der Waals surface area contributed by atoms with Gasteiger partial charge in [0.2, 0.25) is 5.89 Å². The molecule has 2 heterocycles. The lowest BCUT2D eigenvalue weighted by atomic mass is 10.3. The number of aromatic nitrogens is 1. The number of hydrogen-bond acceptors (Lipinski definition) is 4. The molecule has 16 heavy (non-hydrogen) atoms. The summed E-state index contributed by atoms with van der Waals surface area (Å²) in [6.45, 7) is 4.77. The van der Waals surface area contributed by atoms with Crippen molar-refractivity contribution >= 4 is 27.3 Å². The fourth-order valence-electron chi connectivity index (χ4n) is 1.37. The minimum atomic E-state index is 0.132. The molecular formula is C11H13BrN2OS. The molecule has 0 spiro atoms. The van der Waals surface area contributed by atoms with Crippen LogP contribution < -0.4 is 5.32 Å². The first-order valence-corrected chi connectivity index (χ1v) is 6.71. The van der Waals surface area contributed by atoms with Crippen LogP contribution >= 0.6 is 27.3 Å². The van der Waals surface area contributed by atoms with E-state index in [1.807, 2.05) is 13.8 Å². The standard InChI is InChI=1S/C11H13BrN2OS/c1-7-4-14-11(15-7)8(2)13-5-9-3-10(12)16-6-9/h3-4,6,8,13H,5H2,1-2H3. The van der Waals surface area contributed by atoms with Crippen LogP contribution in [0.4, 0.5) is 0 Å². The summed E-state index contributed by atoms with van der Waals surface area (Å²) in [4.78, 5) is 4.20. The summed E-state index contributed by atoms with van der Waals surface area (Å²) in [5.74, 6) is 1.59. The summed E-state index contributed by atoms with van der Waals surface area (Å²) >= 11 is 5.14. The SMILES string of the molecule is Cc1cnc(C(C)NCc2csc(Br)c2)o1. The maximum atomic E-state index is 5.46. The number of halogens is 1. The zero-order valence-corrected chi connectivity index (χ0v) is 11.6. The van der Waals surface area contributed by atoms with Crippen molar-refractivity contribution in [2.45, 2.75) is 26.4 Å². The molecule has 5 heteroatoms. The van der Waals surface area contributed by atoms with E-state index in [0.717, 1.165) is 22.0 Å². The first-order valence-electron chi connectivity index (χ1n) is 5.04. The fourth-order valence-corrected chi connectivity index (χ4v) is 2.58. The number of oxazole rings is 1. The topological polar surface area (TPSA) is 38.1 Å². The second kappa shape index (κ2) is 5.12. The lowest BCUT2D eigenvalue weighted by molar-refractivity contribution is 0.402. The average molecular weight is 301 g/mol. The summed E-state index contributed by atoms with van der Waals surface area (Å²) in [6, 6.07) is 2.25. The van der Waals surface area contributed by atoms with Gasteiger partial charge in [0.25, 0.3) is 0 Å². The third kappa shape index (κ3) is 2.93. The molecule has 2 aromatic heterocycles. The Bertz CT molecular complexity index is 466. The van der Waals surface area contributed by atoms with E-state index < -0.39 is 0 Å². The van der Waals surface area contributed by atoms with Gasteiger partial charge in [-0.15, -0.1) is 11.3 Å². The van der Waals surface area contributed by atoms with E-state index in [1.165, 1.54) is 5.56 Å². The molecule has 0 aromatic carbocycles. The maximum absolute atomic E-state index is 5.46. The molecule has 2 rings (SSSR count). The van der Waals surface area contributed by atoms with Crippen LogP contribution in [-0.4, -0.2) is 4.98 Å². The van der Waals surface area contributed by atoms with Crippen LogP contribution in [0.15, 0.2) is 25.8 Å². The lowest BCUT2D eigenvalue weighted by Gasteiger charge is -2.08. The highest BCUT2D eigenvalue weighted by Crippen LogP contribution is 2.21. The predicted molar refractivity (Wildman–Crippen MR) is 68.5 cm³/mol. The maximum Gasteiger partial charge on any atom is 0.211 e. The van der Waals surface area contributed by atoms with Crippen LogP contribution in [0.25, 0.3) is 0 Å². The summed E-state index contributed by atoms with van der Waals surface area (Å²) in [7, 11) is 0. The molecule has 0 radical (unpaired) electrons. The summed E-state index contributed by atoms with van der Waals surface area (Å²) < 4.78 is 6.62. The monoisotopic (exact) mass is 300 g/mol. The van der Waals surface area contributed by atoms with Crippen molar-refractivity contribution < 1.29 is 4.42 Å². The van der Waals surface area contributed by atoms with Gasteiger partial charge >= 0.3 is 0 Å². The van der Waals surface area contributed by atoms with Gasteiger partial charge in [-0.25, -0.2) is 4.98 Å². The van der Waals surface area contributed by atoms with Crippen molar-refractivity contribution in [1.82, 2.24) is 10.3 Å². The molecule has 1 unspecified atom stereocenters. The van der Waals surface area contributed by atoms with E-state index in [2.05, 4.69) is 37.7 Å². The van der Waals surface area contributed by atoms with Gasteiger partial charge in [0, 0.05) is 6.54 Å². The van der Waals surface area contributed by atoms with Crippen molar-refractivity contribution in [2.75, 3.05) is 0 Å². The van der Waals surface area contributed by atoms with Crippen LogP contribution in [-0.2, 0) is 6.54 Å². The van der Waals surface area contributed by atoms with Gasteiger partial charge in [-0.2, -0.15) is 0 Å². The molecule has 0 amide bonds. The van der Waals surface area contributed by atoms with Crippen LogP contribution in [0.2, 0.25) is 0 Å². The number of aryl methyl sites for hydroxylation is 1. The molecule has 3 nitrogen and oxygen atoms in total. The van der Waals surface area contributed by atoms with Crippen LogP contribution in [0, 0.1) is 6.92 Å². The number of thiophene rings is 1. The summed E-state index contributed by atoms with van der Waals surface area (Å²) in [6.07, 6.45) is 1.74. The Morgan fingerprint density at radius 3 is 3.00 bits per heavy atom. The van der Waals surface area contributed by atoms with Gasteiger partial charge in [0.05, 0.1) is 16.0 Å². The van der Waals surface area contributed by atoms with Crippen LogP contribution in [0.5, 0.6) is 0 Å². The molecule has 0 fully saturated rings. The smallest absolute Gasteiger partial charge is 0.211 e. The molecule has 0 aliphatic heterocycles. The van der Waals surface area contributed by atoms with Gasteiger partial charge in [-0.3, -0.25) is 0 Å². The fraction of sp³-hybridized carbons (Fsp3) is 0.364. The normalized spacial score (nSPS) is 12.9. The van der Waals surface area contributed by atoms with Crippen molar-refractivity contribution in [3.05, 3.63) is 38.6 Å². The Labute approximate surface area is 107 Å². The molecule has 0 saturated carbocycles. The minimum Gasteiger partial charge on any atom is -0.444 e. The Morgan fingerprint density at radius 1 is 1.62 bits per heavy atom. The molecule has 86 valence electrons. The molecule has 2 aromatic rings. The first-order chi connectivity index (χ1) is 7.65. The second-order valence-electron chi connectivity index (χ2n) is 3.67. The molecule has 0 bridgehead atoms. The van der Waals surface area contributed by atoms with Crippen molar-refractivity contribution in [1.29, 1.82) is 0 Å². The van der Waals surface area contributed by atoms with Crippen molar-refractivity contribution in [3.63, 3.8) is 0 Å². The first kappa shape index (κ1) is 11.8. The van der Waals surface area contributed by atoms with Gasteiger partial charge in [0.1, 0.15) is 5.76 Å². The molecule has 1 N–H and O–H groups in total. The molecular weight excluding hydrogens is 288 g/mol. The summed E-state index contributed by atoms with van der Waals surface area (Å²) in [5.41, 5.74) is 1.27. The molecule has 0 saturated heterocycles. The summed E-state index contributed by atoms with van der Waals surface area (Å²) in [5, 5.41) is 5.50. The third-order valence-corrected chi connectivity index (χ3v) is 3.80. The van der Waals surface area contributed by atoms with Gasteiger partial charge < -0.3 is 9.73 Å². The van der Waals surface area contributed by atoms with Crippen LogP contribution in [0.1, 0.15) is 30.2 Å². The van der Waals surface area contributed by atoms with Gasteiger partial charge in [-0.1, -0.05) is 0 Å². The van der Waals surface area contributed by atoms with E-state index in [4.69, 9.17) is 4.42 Å². The van der Waals surface area contributed by atoms with E-state index in [-0.39, 0.29) is 6.04 Å². The van der Waals surface area contributed by atoms with E-state index in [0.29, 0.717) is 0 Å². The highest BCUT2D eigenvalue weighted by Gasteiger charge is 2.10. The molecule has 0 aliphatic carbocycles. The Balaban J connectivity index is 1.91. The van der Waals surface area contributed by atoms with Gasteiger partial charge in [-0.05, 0) is 46.8 Å². The second-order valence-corrected chi connectivity index (χ2v) is 5.96. The van der Waals surface area contributed by atoms with E-state index >= 15 is 0 Å². The Hall–Kier alpha value is -0.650. The quantitative estimate of drug-likeness (QED) is 0.936. The van der Waals surface area contributed by atoms with E-state index in [9.17, 15) is 0 Å².